The first kappa shape index (κ1) is 16.8. The molecular formula is C14H20N2O5. The van der Waals surface area contributed by atoms with Gasteiger partial charge in [0, 0.05) is 11.3 Å². The summed E-state index contributed by atoms with van der Waals surface area (Å²) in [6, 6.07) is 3.28. The third kappa shape index (κ3) is 4.96. The van der Waals surface area contributed by atoms with Crippen LogP contribution in [0.1, 0.15) is 32.4 Å². The van der Waals surface area contributed by atoms with E-state index in [1.165, 1.54) is 19.2 Å². The summed E-state index contributed by atoms with van der Waals surface area (Å²) >= 11 is 0. The largest absolute Gasteiger partial charge is 0.497 e. The molecule has 0 radical (unpaired) electrons. The number of ether oxygens (including phenoxy) is 2. The van der Waals surface area contributed by atoms with Crippen molar-refractivity contribution >= 4 is 17.7 Å². The minimum Gasteiger partial charge on any atom is -0.497 e. The van der Waals surface area contributed by atoms with Crippen molar-refractivity contribution in [3.63, 3.8) is 0 Å². The number of rotatable bonds is 4. The van der Waals surface area contributed by atoms with Gasteiger partial charge in [-0.15, -0.1) is 0 Å². The van der Waals surface area contributed by atoms with Crippen LogP contribution in [0.3, 0.4) is 0 Å². The van der Waals surface area contributed by atoms with Crippen LogP contribution in [0.25, 0.3) is 0 Å². The van der Waals surface area contributed by atoms with Crippen LogP contribution in [0.4, 0.5) is 10.5 Å². The fraction of sp³-hybridized carbons (Fsp3) is 0.429. The summed E-state index contributed by atoms with van der Waals surface area (Å²) in [5, 5.41) is 11.5. The molecule has 7 nitrogen and oxygen atoms in total. The maximum atomic E-state index is 11.8. The highest BCUT2D eigenvalue weighted by Gasteiger charge is 2.22. The Labute approximate surface area is 123 Å². The molecular weight excluding hydrogens is 276 g/mol. The number of carbonyl (C=O) groups is 2. The number of anilines is 1. The molecule has 1 rings (SSSR count). The second kappa shape index (κ2) is 6.45. The average molecular weight is 296 g/mol. The summed E-state index contributed by atoms with van der Waals surface area (Å²) in [7, 11) is 1.45. The first-order valence-electron chi connectivity index (χ1n) is 6.30. The number of carboxylic acid groups (broad SMARTS) is 1. The number of carbonyl (C=O) groups excluding carboxylic acids is 1. The van der Waals surface area contributed by atoms with Crippen molar-refractivity contribution < 1.29 is 24.2 Å². The molecule has 0 saturated carbocycles. The zero-order valence-corrected chi connectivity index (χ0v) is 12.5. The number of hydrogen-bond donors (Lipinski definition) is 3. The van der Waals surface area contributed by atoms with Gasteiger partial charge in [0.2, 0.25) is 0 Å². The Morgan fingerprint density at radius 1 is 1.33 bits per heavy atom. The summed E-state index contributed by atoms with van der Waals surface area (Å²) in [5.41, 5.74) is 5.45. The number of aliphatic carboxylic acids is 1. The number of carboxylic acids is 1. The van der Waals surface area contributed by atoms with E-state index in [2.05, 4.69) is 5.32 Å². The number of hydrogen-bond acceptors (Lipinski definition) is 5. The average Bonchev–Trinajstić information content (AvgIpc) is 2.35. The van der Waals surface area contributed by atoms with E-state index in [0.717, 1.165) is 0 Å². The van der Waals surface area contributed by atoms with E-state index >= 15 is 0 Å². The van der Waals surface area contributed by atoms with Gasteiger partial charge in [-0.3, -0.25) is 10.1 Å². The van der Waals surface area contributed by atoms with Gasteiger partial charge in [-0.1, -0.05) is 0 Å². The molecule has 0 aliphatic rings. The van der Waals surface area contributed by atoms with Gasteiger partial charge >= 0.3 is 12.1 Å². The highest BCUT2D eigenvalue weighted by Crippen LogP contribution is 2.27. The molecule has 0 bridgehead atoms. The molecule has 1 amide bonds. The summed E-state index contributed by atoms with van der Waals surface area (Å²) in [6.45, 7) is 5.18. The third-order valence-electron chi connectivity index (χ3n) is 2.50. The Bertz CT molecular complexity index is 537. The maximum Gasteiger partial charge on any atom is 0.412 e. The van der Waals surface area contributed by atoms with Gasteiger partial charge in [0.15, 0.2) is 0 Å². The highest BCUT2D eigenvalue weighted by molar-refractivity contribution is 5.88. The van der Waals surface area contributed by atoms with Crippen molar-refractivity contribution in [3.8, 4) is 5.75 Å². The molecule has 0 aliphatic heterocycles. The summed E-state index contributed by atoms with van der Waals surface area (Å²) in [4.78, 5) is 22.8. The SMILES string of the molecule is COc1ccc(NC(=O)OC(C)(C)C)c(C(N)C(=O)O)c1. The molecule has 0 spiro atoms. The minimum atomic E-state index is -1.29. The number of amides is 1. The molecule has 1 atom stereocenters. The van der Waals surface area contributed by atoms with Crippen LogP contribution in [0, 0.1) is 0 Å². The topological polar surface area (TPSA) is 111 Å². The van der Waals surface area contributed by atoms with Crippen molar-refractivity contribution in [3.05, 3.63) is 23.8 Å². The Morgan fingerprint density at radius 3 is 2.43 bits per heavy atom. The van der Waals surface area contributed by atoms with Crippen LogP contribution in [-0.4, -0.2) is 29.9 Å². The smallest absolute Gasteiger partial charge is 0.412 e. The lowest BCUT2D eigenvalue weighted by molar-refractivity contribution is -0.138. The second-order valence-corrected chi connectivity index (χ2v) is 5.40. The maximum absolute atomic E-state index is 11.8. The van der Waals surface area contributed by atoms with Crippen molar-refractivity contribution in [2.75, 3.05) is 12.4 Å². The van der Waals surface area contributed by atoms with Crippen molar-refractivity contribution in [2.24, 2.45) is 5.73 Å². The number of nitrogens with two attached hydrogens (primary N) is 1. The van der Waals surface area contributed by atoms with E-state index in [4.69, 9.17) is 20.3 Å². The third-order valence-corrected chi connectivity index (χ3v) is 2.50. The Hall–Kier alpha value is -2.28. The second-order valence-electron chi connectivity index (χ2n) is 5.40. The Morgan fingerprint density at radius 2 is 1.95 bits per heavy atom. The van der Waals surface area contributed by atoms with E-state index in [1.807, 2.05) is 0 Å². The van der Waals surface area contributed by atoms with E-state index < -0.39 is 23.7 Å². The minimum absolute atomic E-state index is 0.229. The van der Waals surface area contributed by atoms with Crippen LogP contribution >= 0.6 is 0 Å². The van der Waals surface area contributed by atoms with Gasteiger partial charge in [0.1, 0.15) is 17.4 Å². The van der Waals surface area contributed by atoms with Gasteiger partial charge in [0.25, 0.3) is 0 Å². The van der Waals surface area contributed by atoms with Crippen LogP contribution in [0.2, 0.25) is 0 Å². The summed E-state index contributed by atoms with van der Waals surface area (Å²) < 4.78 is 10.2. The molecule has 0 fully saturated rings. The van der Waals surface area contributed by atoms with Crippen molar-refractivity contribution in [2.45, 2.75) is 32.4 Å². The fourth-order valence-electron chi connectivity index (χ4n) is 1.59. The number of methoxy groups -OCH3 is 1. The predicted molar refractivity (Wildman–Crippen MR) is 77.4 cm³/mol. The molecule has 1 unspecified atom stereocenters. The van der Waals surface area contributed by atoms with Crippen LogP contribution < -0.4 is 15.8 Å². The Kier molecular flexibility index (Phi) is 5.15. The highest BCUT2D eigenvalue weighted by atomic mass is 16.6. The quantitative estimate of drug-likeness (QED) is 0.785. The molecule has 7 heteroatoms. The first-order chi connectivity index (χ1) is 9.64. The molecule has 1 aromatic rings. The van der Waals surface area contributed by atoms with Gasteiger partial charge in [-0.25, -0.2) is 4.79 Å². The zero-order chi connectivity index (χ0) is 16.2. The summed E-state index contributed by atoms with van der Waals surface area (Å²) in [6.07, 6.45) is -0.688. The van der Waals surface area contributed by atoms with Gasteiger partial charge in [0.05, 0.1) is 7.11 Å². The predicted octanol–water partition coefficient (Wildman–Crippen LogP) is 2.13. The lowest BCUT2D eigenvalue weighted by Gasteiger charge is -2.21. The van der Waals surface area contributed by atoms with E-state index in [1.54, 1.807) is 26.8 Å². The number of benzene rings is 1. The van der Waals surface area contributed by atoms with Gasteiger partial charge < -0.3 is 20.3 Å². The molecule has 21 heavy (non-hydrogen) atoms. The molecule has 0 saturated heterocycles. The fourth-order valence-corrected chi connectivity index (χ4v) is 1.59. The van der Waals surface area contributed by atoms with Crippen LogP contribution in [-0.2, 0) is 9.53 Å². The summed E-state index contributed by atoms with van der Waals surface area (Å²) in [5.74, 6) is -0.771. The van der Waals surface area contributed by atoms with E-state index in [0.29, 0.717) is 5.75 Å². The van der Waals surface area contributed by atoms with E-state index in [9.17, 15) is 9.59 Å². The van der Waals surface area contributed by atoms with Crippen molar-refractivity contribution in [1.82, 2.24) is 0 Å². The zero-order valence-electron chi connectivity index (χ0n) is 12.5. The molecule has 0 heterocycles. The normalized spacial score (nSPS) is 12.4. The molecule has 0 aliphatic carbocycles. The lowest BCUT2D eigenvalue weighted by atomic mass is 10.0. The lowest BCUT2D eigenvalue weighted by Crippen LogP contribution is -2.28. The number of nitrogens with one attached hydrogen (secondary N) is 1. The first-order valence-corrected chi connectivity index (χ1v) is 6.30. The molecule has 0 aromatic heterocycles. The van der Waals surface area contributed by atoms with E-state index in [-0.39, 0.29) is 11.3 Å². The Balaban J connectivity index is 3.06. The van der Waals surface area contributed by atoms with Crippen molar-refractivity contribution in [1.29, 1.82) is 0 Å². The van der Waals surface area contributed by atoms with Gasteiger partial charge in [-0.05, 0) is 39.0 Å². The molecule has 116 valence electrons. The molecule has 1 aromatic carbocycles. The monoisotopic (exact) mass is 296 g/mol. The van der Waals surface area contributed by atoms with Gasteiger partial charge in [-0.2, -0.15) is 0 Å². The van der Waals surface area contributed by atoms with Crippen LogP contribution in [0.15, 0.2) is 18.2 Å². The standard InChI is InChI=1S/C14H20N2O5/c1-14(2,3)21-13(19)16-10-6-5-8(20-4)7-9(10)11(15)12(17)18/h5-7,11H,15H2,1-4H3,(H,16,19)(H,17,18). The van der Waals surface area contributed by atoms with Crippen LogP contribution in [0.5, 0.6) is 5.75 Å². The molecule has 4 N–H and O–H groups in total.